The van der Waals surface area contributed by atoms with E-state index in [1.54, 1.807) is 18.2 Å². The summed E-state index contributed by atoms with van der Waals surface area (Å²) in [7, 11) is -0.338. The van der Waals surface area contributed by atoms with Gasteiger partial charge in [0.1, 0.15) is 0 Å². The molecule has 1 fully saturated rings. The zero-order valence-electron chi connectivity index (χ0n) is 14.9. The number of benzene rings is 1. The molecule has 134 valence electrons. The molecule has 0 aliphatic carbocycles. The molecular formula is C17H27N3O3S. The van der Waals surface area contributed by atoms with Crippen LogP contribution in [0.15, 0.2) is 29.2 Å². The number of carbonyl (C=O) groups is 1. The van der Waals surface area contributed by atoms with Crippen LogP contribution >= 0.6 is 0 Å². The van der Waals surface area contributed by atoms with Gasteiger partial charge in [-0.25, -0.2) is 12.7 Å². The molecule has 0 atom stereocenters. The smallest absolute Gasteiger partial charge is 0.242 e. The van der Waals surface area contributed by atoms with E-state index < -0.39 is 10.0 Å². The van der Waals surface area contributed by atoms with E-state index in [-0.39, 0.29) is 11.8 Å². The monoisotopic (exact) mass is 353 g/mol. The highest BCUT2D eigenvalue weighted by atomic mass is 32.2. The Morgan fingerprint density at radius 1 is 1.17 bits per heavy atom. The van der Waals surface area contributed by atoms with E-state index >= 15 is 0 Å². The van der Waals surface area contributed by atoms with E-state index in [9.17, 15) is 13.2 Å². The number of amides is 1. The van der Waals surface area contributed by atoms with Crippen LogP contribution in [-0.4, -0.2) is 68.7 Å². The van der Waals surface area contributed by atoms with Crippen molar-refractivity contribution in [2.75, 3.05) is 40.3 Å². The van der Waals surface area contributed by atoms with Crippen LogP contribution in [-0.2, 0) is 21.4 Å². The molecule has 24 heavy (non-hydrogen) atoms. The van der Waals surface area contributed by atoms with Crippen molar-refractivity contribution < 1.29 is 13.2 Å². The summed E-state index contributed by atoms with van der Waals surface area (Å²) in [6.07, 6.45) is 0. The molecule has 0 N–H and O–H groups in total. The van der Waals surface area contributed by atoms with Gasteiger partial charge < -0.3 is 4.90 Å². The maximum atomic E-state index is 12.2. The Morgan fingerprint density at radius 2 is 1.79 bits per heavy atom. The molecule has 7 heteroatoms. The zero-order chi connectivity index (χ0) is 17.9. The van der Waals surface area contributed by atoms with Crippen LogP contribution in [0.4, 0.5) is 0 Å². The van der Waals surface area contributed by atoms with E-state index in [0.717, 1.165) is 31.7 Å². The predicted molar refractivity (Wildman–Crippen MR) is 94.0 cm³/mol. The summed E-state index contributed by atoms with van der Waals surface area (Å²) in [5.41, 5.74) is 0.974. The summed E-state index contributed by atoms with van der Waals surface area (Å²) in [4.78, 5) is 16.5. The summed E-state index contributed by atoms with van der Waals surface area (Å²) >= 11 is 0. The van der Waals surface area contributed by atoms with Gasteiger partial charge in [-0.2, -0.15) is 0 Å². The number of hydrogen-bond acceptors (Lipinski definition) is 4. The summed E-state index contributed by atoms with van der Waals surface area (Å²) in [5, 5.41) is 0. The standard InChI is InChI=1S/C17H27N3O3S/c1-14(2)17(21)20-10-8-19(9-11-20)13-15-6-5-7-16(12-15)24(22,23)18(3)4/h5-7,12,14H,8-11,13H2,1-4H3. The summed E-state index contributed by atoms with van der Waals surface area (Å²) in [5.74, 6) is 0.234. The Morgan fingerprint density at radius 3 is 2.33 bits per heavy atom. The van der Waals surface area contributed by atoms with Crippen molar-refractivity contribution in [2.45, 2.75) is 25.3 Å². The minimum absolute atomic E-state index is 0.0319. The van der Waals surface area contributed by atoms with Gasteiger partial charge in [0.2, 0.25) is 15.9 Å². The highest BCUT2D eigenvalue weighted by Crippen LogP contribution is 2.17. The highest BCUT2D eigenvalue weighted by molar-refractivity contribution is 7.89. The second kappa shape index (κ2) is 7.63. The van der Waals surface area contributed by atoms with Crippen molar-refractivity contribution in [1.29, 1.82) is 0 Å². The van der Waals surface area contributed by atoms with Gasteiger partial charge in [-0.15, -0.1) is 0 Å². The largest absolute Gasteiger partial charge is 0.340 e. The first kappa shape index (κ1) is 18.9. The number of rotatable bonds is 5. The van der Waals surface area contributed by atoms with Gasteiger partial charge in [0.25, 0.3) is 0 Å². The van der Waals surface area contributed by atoms with Crippen LogP contribution in [0.3, 0.4) is 0 Å². The lowest BCUT2D eigenvalue weighted by molar-refractivity contribution is -0.136. The van der Waals surface area contributed by atoms with Crippen molar-refractivity contribution in [2.24, 2.45) is 5.92 Å². The third-order valence-electron chi connectivity index (χ3n) is 4.26. The van der Waals surface area contributed by atoms with Gasteiger partial charge in [-0.1, -0.05) is 26.0 Å². The van der Waals surface area contributed by atoms with Gasteiger partial charge in [-0.3, -0.25) is 9.69 Å². The maximum absolute atomic E-state index is 12.2. The van der Waals surface area contributed by atoms with Crippen molar-refractivity contribution in [3.05, 3.63) is 29.8 Å². The van der Waals surface area contributed by atoms with Crippen LogP contribution in [0.25, 0.3) is 0 Å². The van der Waals surface area contributed by atoms with Gasteiger partial charge >= 0.3 is 0 Å². The molecule has 1 aliphatic heterocycles. The molecule has 0 saturated carbocycles. The molecule has 1 amide bonds. The second-order valence-electron chi connectivity index (χ2n) is 6.69. The molecule has 1 aromatic carbocycles. The Bertz CT molecular complexity index is 678. The van der Waals surface area contributed by atoms with E-state index in [0.29, 0.717) is 11.4 Å². The number of carbonyl (C=O) groups excluding carboxylic acids is 1. The average Bonchev–Trinajstić information content (AvgIpc) is 2.55. The lowest BCUT2D eigenvalue weighted by Crippen LogP contribution is -2.49. The molecule has 6 nitrogen and oxygen atoms in total. The van der Waals surface area contributed by atoms with E-state index in [1.165, 1.54) is 18.4 Å². The third-order valence-corrected chi connectivity index (χ3v) is 6.07. The molecule has 0 aromatic heterocycles. The first-order chi connectivity index (χ1) is 11.2. The topological polar surface area (TPSA) is 60.9 Å². The van der Waals surface area contributed by atoms with Crippen LogP contribution in [0.5, 0.6) is 0 Å². The van der Waals surface area contributed by atoms with Crippen LogP contribution < -0.4 is 0 Å². The fourth-order valence-corrected chi connectivity index (χ4v) is 3.74. The Hall–Kier alpha value is -1.44. The minimum atomic E-state index is -3.41. The van der Waals surface area contributed by atoms with Gasteiger partial charge in [0.05, 0.1) is 4.90 Å². The molecular weight excluding hydrogens is 326 g/mol. The molecule has 1 aromatic rings. The van der Waals surface area contributed by atoms with Crippen molar-refractivity contribution in [3.63, 3.8) is 0 Å². The number of piperazine rings is 1. The molecule has 1 aliphatic rings. The van der Waals surface area contributed by atoms with E-state index in [1.807, 2.05) is 24.8 Å². The molecule has 2 rings (SSSR count). The van der Waals surface area contributed by atoms with Gasteiger partial charge in [0.15, 0.2) is 0 Å². The number of nitrogens with zero attached hydrogens (tertiary/aromatic N) is 3. The molecule has 1 heterocycles. The molecule has 1 saturated heterocycles. The van der Waals surface area contributed by atoms with Gasteiger partial charge in [-0.05, 0) is 17.7 Å². The van der Waals surface area contributed by atoms with Gasteiger partial charge in [0, 0.05) is 52.7 Å². The van der Waals surface area contributed by atoms with Crippen molar-refractivity contribution in [1.82, 2.24) is 14.1 Å². The minimum Gasteiger partial charge on any atom is -0.340 e. The molecule has 0 bridgehead atoms. The quantitative estimate of drug-likeness (QED) is 0.799. The maximum Gasteiger partial charge on any atom is 0.242 e. The number of hydrogen-bond donors (Lipinski definition) is 0. The van der Waals surface area contributed by atoms with Crippen molar-refractivity contribution in [3.8, 4) is 0 Å². The predicted octanol–water partition coefficient (Wildman–Crippen LogP) is 1.24. The zero-order valence-corrected chi connectivity index (χ0v) is 15.7. The average molecular weight is 353 g/mol. The Balaban J connectivity index is 2.00. The fourth-order valence-electron chi connectivity index (χ4n) is 2.76. The third kappa shape index (κ3) is 4.34. The van der Waals surface area contributed by atoms with Crippen LogP contribution in [0.2, 0.25) is 0 Å². The molecule has 0 spiro atoms. The summed E-state index contributed by atoms with van der Waals surface area (Å²) in [6, 6.07) is 7.09. The number of sulfonamides is 1. The molecule has 0 unspecified atom stereocenters. The highest BCUT2D eigenvalue weighted by Gasteiger charge is 2.23. The Kier molecular flexibility index (Phi) is 6.01. The van der Waals surface area contributed by atoms with E-state index in [2.05, 4.69) is 4.90 Å². The van der Waals surface area contributed by atoms with Crippen LogP contribution in [0.1, 0.15) is 19.4 Å². The summed E-state index contributed by atoms with van der Waals surface area (Å²) in [6.45, 7) is 7.61. The lowest BCUT2D eigenvalue weighted by atomic mass is 10.1. The Labute approximate surface area is 145 Å². The van der Waals surface area contributed by atoms with Crippen molar-refractivity contribution >= 4 is 15.9 Å². The first-order valence-electron chi connectivity index (χ1n) is 8.24. The summed E-state index contributed by atoms with van der Waals surface area (Å²) < 4.78 is 25.7. The lowest BCUT2D eigenvalue weighted by Gasteiger charge is -2.35. The fraction of sp³-hybridized carbons (Fsp3) is 0.588. The SMILES string of the molecule is CC(C)C(=O)N1CCN(Cc2cccc(S(=O)(=O)N(C)C)c2)CC1. The normalized spacial score (nSPS) is 16.8. The van der Waals surface area contributed by atoms with E-state index in [4.69, 9.17) is 0 Å². The first-order valence-corrected chi connectivity index (χ1v) is 9.68. The molecule has 0 radical (unpaired) electrons. The second-order valence-corrected chi connectivity index (χ2v) is 8.84. The van der Waals surface area contributed by atoms with Crippen LogP contribution in [0, 0.1) is 5.92 Å².